The first-order valence-electron chi connectivity index (χ1n) is 6.32. The number of hydrogen-bond donors (Lipinski definition) is 0. The zero-order chi connectivity index (χ0) is 16.3. The number of Topliss-reactive ketones (excluding diaryl/α,β-unsaturated/α-hetero) is 1. The monoisotopic (exact) mass is 330 g/mol. The van der Waals surface area contributed by atoms with Crippen LogP contribution in [0.1, 0.15) is 21.5 Å². The summed E-state index contributed by atoms with van der Waals surface area (Å²) in [6.07, 6.45) is -4.41. The molecular formula is C13H13F3N4OS. The van der Waals surface area contributed by atoms with Crippen molar-refractivity contribution in [2.45, 2.75) is 31.7 Å². The number of rotatable bonds is 5. The Bertz CT molecular complexity index is 684. The van der Waals surface area contributed by atoms with Gasteiger partial charge in [-0.15, -0.1) is 5.10 Å². The van der Waals surface area contributed by atoms with Crippen molar-refractivity contribution in [3.63, 3.8) is 0 Å². The fourth-order valence-corrected chi connectivity index (χ4v) is 2.57. The summed E-state index contributed by atoms with van der Waals surface area (Å²) in [5, 5.41) is 9.99. The van der Waals surface area contributed by atoms with Crippen LogP contribution in [0.3, 0.4) is 0 Å². The first-order valence-corrected chi connectivity index (χ1v) is 7.31. The van der Waals surface area contributed by atoms with Gasteiger partial charge in [0.05, 0.1) is 5.75 Å². The van der Waals surface area contributed by atoms with Gasteiger partial charge in [0.15, 0.2) is 5.78 Å². The molecule has 2 aromatic rings. The van der Waals surface area contributed by atoms with Gasteiger partial charge in [-0.3, -0.25) is 4.79 Å². The first-order chi connectivity index (χ1) is 10.3. The fraction of sp³-hybridized carbons (Fsp3) is 0.385. The van der Waals surface area contributed by atoms with E-state index in [2.05, 4.69) is 15.5 Å². The van der Waals surface area contributed by atoms with E-state index >= 15 is 0 Å². The summed E-state index contributed by atoms with van der Waals surface area (Å²) in [6.45, 7) is 2.40. The lowest BCUT2D eigenvalue weighted by atomic mass is 10.0. The summed E-state index contributed by atoms with van der Waals surface area (Å²) >= 11 is 0.889. The third-order valence-corrected chi connectivity index (χ3v) is 3.81. The molecule has 9 heteroatoms. The number of halogens is 3. The molecular weight excluding hydrogens is 317 g/mol. The topological polar surface area (TPSA) is 60.7 Å². The van der Waals surface area contributed by atoms with Gasteiger partial charge in [0.1, 0.15) is 6.54 Å². The minimum atomic E-state index is -4.41. The van der Waals surface area contributed by atoms with Crippen LogP contribution in [0, 0.1) is 13.8 Å². The largest absolute Gasteiger partial charge is 0.408 e. The number of carbonyl (C=O) groups excluding carboxylic acids is 1. The summed E-state index contributed by atoms with van der Waals surface area (Å²) in [6, 6.07) is 5.49. The molecule has 0 spiro atoms. The number of ketones is 1. The third kappa shape index (κ3) is 4.30. The van der Waals surface area contributed by atoms with Crippen molar-refractivity contribution < 1.29 is 18.0 Å². The highest BCUT2D eigenvalue weighted by molar-refractivity contribution is 7.99. The van der Waals surface area contributed by atoms with Crippen molar-refractivity contribution in [1.29, 1.82) is 0 Å². The Hall–Kier alpha value is -1.90. The zero-order valence-electron chi connectivity index (χ0n) is 11.9. The predicted octanol–water partition coefficient (Wildman–Crippen LogP) is 2.83. The Labute approximate surface area is 128 Å². The molecule has 0 atom stereocenters. The van der Waals surface area contributed by atoms with Gasteiger partial charge in [0.2, 0.25) is 5.16 Å². The molecule has 0 bridgehead atoms. The third-order valence-electron chi connectivity index (χ3n) is 2.85. The van der Waals surface area contributed by atoms with Crippen LogP contribution in [0.4, 0.5) is 13.2 Å². The van der Waals surface area contributed by atoms with Crippen molar-refractivity contribution in [3.05, 3.63) is 34.9 Å². The number of alkyl halides is 3. The van der Waals surface area contributed by atoms with Crippen LogP contribution in [-0.2, 0) is 6.54 Å². The Morgan fingerprint density at radius 1 is 1.32 bits per heavy atom. The van der Waals surface area contributed by atoms with Crippen LogP contribution < -0.4 is 0 Å². The van der Waals surface area contributed by atoms with Crippen LogP contribution in [-0.4, -0.2) is 37.9 Å². The number of benzene rings is 1. The van der Waals surface area contributed by atoms with Crippen molar-refractivity contribution in [1.82, 2.24) is 20.2 Å². The van der Waals surface area contributed by atoms with E-state index in [1.165, 1.54) is 0 Å². The second kappa shape index (κ2) is 6.47. The highest BCUT2D eigenvalue weighted by Gasteiger charge is 2.30. The van der Waals surface area contributed by atoms with Crippen LogP contribution >= 0.6 is 11.8 Å². The van der Waals surface area contributed by atoms with E-state index in [1.807, 2.05) is 26.0 Å². The molecule has 0 saturated heterocycles. The van der Waals surface area contributed by atoms with Gasteiger partial charge in [0, 0.05) is 5.56 Å². The van der Waals surface area contributed by atoms with Crippen LogP contribution in [0.25, 0.3) is 0 Å². The average molecular weight is 330 g/mol. The summed E-state index contributed by atoms with van der Waals surface area (Å²) < 4.78 is 37.7. The summed E-state index contributed by atoms with van der Waals surface area (Å²) in [4.78, 5) is 12.2. The van der Waals surface area contributed by atoms with Gasteiger partial charge in [0.25, 0.3) is 0 Å². The first kappa shape index (κ1) is 16.5. The number of aromatic nitrogens is 4. The predicted molar refractivity (Wildman–Crippen MR) is 74.8 cm³/mol. The molecule has 0 unspecified atom stereocenters. The number of thioether (sulfide) groups is 1. The van der Waals surface area contributed by atoms with E-state index in [9.17, 15) is 18.0 Å². The van der Waals surface area contributed by atoms with Gasteiger partial charge >= 0.3 is 6.18 Å². The Morgan fingerprint density at radius 2 is 2.05 bits per heavy atom. The highest BCUT2D eigenvalue weighted by atomic mass is 32.2. The SMILES string of the molecule is Cc1ccc(C)c(C(=O)CSc2nnnn2CC(F)(F)F)c1. The van der Waals surface area contributed by atoms with Crippen molar-refractivity contribution >= 4 is 17.5 Å². The van der Waals surface area contributed by atoms with Crippen LogP contribution in [0.5, 0.6) is 0 Å². The maximum Gasteiger partial charge on any atom is 0.408 e. The molecule has 0 saturated carbocycles. The molecule has 5 nitrogen and oxygen atoms in total. The van der Waals surface area contributed by atoms with Gasteiger partial charge in [-0.05, 0) is 35.9 Å². The molecule has 0 N–H and O–H groups in total. The normalized spacial score (nSPS) is 11.7. The number of hydrogen-bond acceptors (Lipinski definition) is 5. The molecule has 0 radical (unpaired) electrons. The number of nitrogens with zero attached hydrogens (tertiary/aromatic N) is 4. The molecule has 118 valence electrons. The lowest BCUT2D eigenvalue weighted by molar-refractivity contribution is -0.144. The highest BCUT2D eigenvalue weighted by Crippen LogP contribution is 2.22. The van der Waals surface area contributed by atoms with E-state index in [0.717, 1.165) is 22.9 Å². The van der Waals surface area contributed by atoms with Gasteiger partial charge < -0.3 is 0 Å². The molecule has 1 heterocycles. The minimum absolute atomic E-state index is 0.0253. The summed E-state index contributed by atoms with van der Waals surface area (Å²) in [5.41, 5.74) is 2.33. The van der Waals surface area contributed by atoms with E-state index < -0.39 is 12.7 Å². The fourth-order valence-electron chi connectivity index (χ4n) is 1.81. The molecule has 1 aromatic heterocycles. The van der Waals surface area contributed by atoms with Crippen molar-refractivity contribution in [2.24, 2.45) is 0 Å². The average Bonchev–Trinajstić information content (AvgIpc) is 2.84. The lowest BCUT2D eigenvalue weighted by Crippen LogP contribution is -2.19. The lowest BCUT2D eigenvalue weighted by Gasteiger charge is -2.08. The second-order valence-corrected chi connectivity index (χ2v) is 5.71. The number of tetrazole rings is 1. The molecule has 0 aliphatic carbocycles. The quantitative estimate of drug-likeness (QED) is 0.623. The maximum atomic E-state index is 12.4. The van der Waals surface area contributed by atoms with Crippen LogP contribution in [0.15, 0.2) is 23.4 Å². The molecule has 1 aromatic carbocycles. The number of carbonyl (C=O) groups is 1. The smallest absolute Gasteiger partial charge is 0.293 e. The molecule has 22 heavy (non-hydrogen) atoms. The molecule has 0 fully saturated rings. The van der Waals surface area contributed by atoms with Gasteiger partial charge in [-0.1, -0.05) is 29.5 Å². The van der Waals surface area contributed by atoms with Gasteiger partial charge in [-0.25, -0.2) is 4.68 Å². The standard InChI is InChI=1S/C13H13F3N4OS/c1-8-3-4-9(2)10(5-8)11(21)6-22-12-17-18-19-20(12)7-13(14,15)16/h3-5H,6-7H2,1-2H3. The Kier molecular flexibility index (Phi) is 4.84. The molecule has 2 rings (SSSR count). The van der Waals surface area contributed by atoms with Crippen LogP contribution in [0.2, 0.25) is 0 Å². The minimum Gasteiger partial charge on any atom is -0.293 e. The summed E-state index contributed by atoms with van der Waals surface area (Å²) in [5.74, 6) is -0.199. The Morgan fingerprint density at radius 3 is 2.73 bits per heavy atom. The van der Waals surface area contributed by atoms with E-state index in [4.69, 9.17) is 0 Å². The van der Waals surface area contributed by atoms with Crippen molar-refractivity contribution in [3.8, 4) is 0 Å². The maximum absolute atomic E-state index is 12.4. The Balaban J connectivity index is 2.06. The van der Waals surface area contributed by atoms with Crippen molar-refractivity contribution in [2.75, 3.05) is 5.75 Å². The zero-order valence-corrected chi connectivity index (χ0v) is 12.7. The van der Waals surface area contributed by atoms with E-state index in [-0.39, 0.29) is 16.7 Å². The van der Waals surface area contributed by atoms with E-state index in [1.54, 1.807) is 6.07 Å². The molecule has 0 aliphatic heterocycles. The second-order valence-electron chi connectivity index (χ2n) is 4.76. The van der Waals surface area contributed by atoms with E-state index in [0.29, 0.717) is 10.2 Å². The van der Waals surface area contributed by atoms with Gasteiger partial charge in [-0.2, -0.15) is 13.2 Å². The molecule has 0 amide bonds. The molecule has 0 aliphatic rings. The summed E-state index contributed by atoms with van der Waals surface area (Å²) in [7, 11) is 0. The number of aryl methyl sites for hydroxylation is 2.